The number of ketones is 1. The second-order valence-electron chi connectivity index (χ2n) is 8.85. The Balaban J connectivity index is 1.64. The first kappa shape index (κ1) is 24.2. The Hall–Kier alpha value is -3.49. The number of anilines is 1. The number of aryl methyl sites for hydroxylation is 2. The van der Waals surface area contributed by atoms with Crippen molar-refractivity contribution >= 4 is 49.7 Å². The molecular weight excluding hydrogens is 492 g/mol. The van der Waals surface area contributed by atoms with Gasteiger partial charge in [-0.2, -0.15) is 0 Å². The van der Waals surface area contributed by atoms with Gasteiger partial charge in [-0.25, -0.2) is 4.98 Å². The van der Waals surface area contributed by atoms with Crippen molar-refractivity contribution in [3.05, 3.63) is 86.8 Å². The molecule has 1 aliphatic rings. The summed E-state index contributed by atoms with van der Waals surface area (Å²) in [6.07, 6.45) is 1.93. The predicted molar refractivity (Wildman–Crippen MR) is 144 cm³/mol. The number of thiophene rings is 1. The van der Waals surface area contributed by atoms with E-state index in [1.54, 1.807) is 17.5 Å². The number of rotatable bonds is 8. The molecule has 1 aliphatic heterocycles. The zero-order valence-electron chi connectivity index (χ0n) is 20.3. The van der Waals surface area contributed by atoms with Crippen LogP contribution in [0.15, 0.2) is 65.2 Å². The predicted octanol–water partition coefficient (Wildman–Crippen LogP) is 6.94. The van der Waals surface area contributed by atoms with Crippen molar-refractivity contribution < 1.29 is 19.4 Å². The number of hydrogen-bond acceptors (Lipinski definition) is 7. The Kier molecular flexibility index (Phi) is 6.64. The van der Waals surface area contributed by atoms with E-state index in [1.807, 2.05) is 50.2 Å². The van der Waals surface area contributed by atoms with Gasteiger partial charge in [0.05, 0.1) is 33.3 Å². The molecule has 1 unspecified atom stereocenters. The Morgan fingerprint density at radius 1 is 1.17 bits per heavy atom. The van der Waals surface area contributed by atoms with E-state index in [9.17, 15) is 14.7 Å². The Morgan fingerprint density at radius 2 is 2.00 bits per heavy atom. The van der Waals surface area contributed by atoms with Crippen LogP contribution in [-0.2, 0) is 4.79 Å². The van der Waals surface area contributed by atoms with Crippen LogP contribution in [0.25, 0.3) is 10.2 Å². The molecule has 0 radical (unpaired) electrons. The third kappa shape index (κ3) is 4.31. The number of aliphatic hydroxyl groups is 1. The Morgan fingerprint density at radius 3 is 2.75 bits per heavy atom. The van der Waals surface area contributed by atoms with Crippen LogP contribution < -0.4 is 9.64 Å². The van der Waals surface area contributed by atoms with Crippen LogP contribution in [0.1, 0.15) is 52.2 Å². The molecule has 0 saturated heterocycles. The van der Waals surface area contributed by atoms with Crippen LogP contribution in [0.5, 0.6) is 5.75 Å². The molecule has 1 atom stereocenters. The Bertz CT molecular complexity index is 1490. The Labute approximate surface area is 217 Å². The molecule has 4 aromatic rings. The maximum Gasteiger partial charge on any atom is 0.296 e. The van der Waals surface area contributed by atoms with Gasteiger partial charge in [0.15, 0.2) is 10.9 Å². The number of benzene rings is 2. The largest absolute Gasteiger partial charge is 0.503 e. The summed E-state index contributed by atoms with van der Waals surface area (Å²) in [5, 5.41) is 13.3. The fourth-order valence-corrected chi connectivity index (χ4v) is 6.31. The first-order valence-electron chi connectivity index (χ1n) is 11.8. The molecule has 0 saturated carbocycles. The molecule has 2 aromatic carbocycles. The second-order valence-corrected chi connectivity index (χ2v) is 10.8. The van der Waals surface area contributed by atoms with E-state index in [1.165, 1.54) is 27.6 Å². The summed E-state index contributed by atoms with van der Waals surface area (Å²) < 4.78 is 6.86. The fraction of sp³-hybridized carbons (Fsp3) is 0.250. The lowest BCUT2D eigenvalue weighted by Gasteiger charge is -2.24. The SMILES string of the molecule is CCCCOc1cccc(C2C(C(=O)c3cccs3)=C(O)C(=O)N2c2nc3c(C)cc(C)cc3s2)c1. The molecule has 1 amide bonds. The number of aromatic nitrogens is 1. The molecule has 0 bridgehead atoms. The van der Waals surface area contributed by atoms with Crippen molar-refractivity contribution in [3.63, 3.8) is 0 Å². The van der Waals surface area contributed by atoms with Crippen LogP contribution >= 0.6 is 22.7 Å². The zero-order valence-corrected chi connectivity index (χ0v) is 21.9. The summed E-state index contributed by atoms with van der Waals surface area (Å²) in [5.41, 5.74) is 3.65. The smallest absolute Gasteiger partial charge is 0.296 e. The lowest BCUT2D eigenvalue weighted by Crippen LogP contribution is -2.31. The van der Waals surface area contributed by atoms with E-state index >= 15 is 0 Å². The van der Waals surface area contributed by atoms with Gasteiger partial charge in [-0.1, -0.05) is 48.9 Å². The van der Waals surface area contributed by atoms with Gasteiger partial charge in [0.25, 0.3) is 5.91 Å². The highest BCUT2D eigenvalue weighted by molar-refractivity contribution is 7.22. The standard InChI is InChI=1S/C28H26N2O4S2/c1-4-5-11-34-19-9-6-8-18(15-19)24-22(25(31)20-10-7-12-35-20)26(32)27(33)30(24)28-29-23-17(3)13-16(2)14-21(23)36-28/h6-10,12-15,24,32H,4-5,11H2,1-3H3. The number of carbonyl (C=O) groups is 2. The number of ether oxygens (including phenoxy) is 1. The molecule has 1 N–H and O–H groups in total. The monoisotopic (exact) mass is 518 g/mol. The third-order valence-corrected chi connectivity index (χ3v) is 8.03. The van der Waals surface area contributed by atoms with Gasteiger partial charge >= 0.3 is 0 Å². The van der Waals surface area contributed by atoms with Crippen LogP contribution in [0.2, 0.25) is 0 Å². The van der Waals surface area contributed by atoms with E-state index in [4.69, 9.17) is 9.72 Å². The minimum atomic E-state index is -0.830. The number of fused-ring (bicyclic) bond motifs is 1. The van der Waals surface area contributed by atoms with E-state index in [0.717, 1.165) is 34.2 Å². The first-order valence-corrected chi connectivity index (χ1v) is 13.5. The van der Waals surface area contributed by atoms with Crippen LogP contribution in [0, 0.1) is 13.8 Å². The average molecular weight is 519 g/mol. The van der Waals surface area contributed by atoms with Gasteiger partial charge in [0.2, 0.25) is 5.78 Å². The van der Waals surface area contributed by atoms with Crippen LogP contribution in [0.3, 0.4) is 0 Å². The van der Waals surface area contributed by atoms with Crippen molar-refractivity contribution in [2.24, 2.45) is 0 Å². The molecule has 6 nitrogen and oxygen atoms in total. The number of Topliss-reactive ketones (excluding diaryl/α,β-unsaturated/α-hetero) is 1. The van der Waals surface area contributed by atoms with E-state index in [-0.39, 0.29) is 11.4 Å². The number of carbonyl (C=O) groups excluding carboxylic acids is 2. The van der Waals surface area contributed by atoms with Gasteiger partial charge in [0.1, 0.15) is 5.75 Å². The van der Waals surface area contributed by atoms with Crippen molar-refractivity contribution in [3.8, 4) is 5.75 Å². The molecular formula is C28H26N2O4S2. The minimum absolute atomic E-state index is 0.0558. The summed E-state index contributed by atoms with van der Waals surface area (Å²) in [5.74, 6) is -0.888. The number of thiazole rings is 1. The summed E-state index contributed by atoms with van der Waals surface area (Å²) in [6, 6.07) is 14.1. The number of aliphatic hydroxyl groups excluding tert-OH is 1. The van der Waals surface area contributed by atoms with Gasteiger partial charge in [0, 0.05) is 0 Å². The highest BCUT2D eigenvalue weighted by Crippen LogP contribution is 2.45. The summed E-state index contributed by atoms with van der Waals surface area (Å²) in [6.45, 7) is 6.68. The average Bonchev–Trinajstić information content (AvgIpc) is 3.58. The van der Waals surface area contributed by atoms with Gasteiger partial charge < -0.3 is 9.84 Å². The number of hydrogen-bond donors (Lipinski definition) is 1. The van der Waals surface area contributed by atoms with E-state index in [0.29, 0.717) is 27.9 Å². The molecule has 3 heterocycles. The molecule has 5 rings (SSSR count). The molecule has 0 aliphatic carbocycles. The summed E-state index contributed by atoms with van der Waals surface area (Å²) >= 11 is 2.65. The highest BCUT2D eigenvalue weighted by Gasteiger charge is 2.46. The normalized spacial score (nSPS) is 15.8. The lowest BCUT2D eigenvalue weighted by atomic mass is 9.95. The van der Waals surface area contributed by atoms with E-state index < -0.39 is 17.7 Å². The summed E-state index contributed by atoms with van der Waals surface area (Å²) in [4.78, 5) is 33.7. The van der Waals surface area contributed by atoms with Crippen LogP contribution in [0.4, 0.5) is 5.13 Å². The molecule has 0 spiro atoms. The van der Waals surface area contributed by atoms with E-state index in [2.05, 4.69) is 6.92 Å². The highest BCUT2D eigenvalue weighted by atomic mass is 32.1. The minimum Gasteiger partial charge on any atom is -0.503 e. The maximum atomic E-state index is 13.6. The summed E-state index contributed by atoms with van der Waals surface area (Å²) in [7, 11) is 0. The molecule has 0 fully saturated rings. The first-order chi connectivity index (χ1) is 17.4. The molecule has 36 heavy (non-hydrogen) atoms. The molecule has 8 heteroatoms. The van der Waals surface area contributed by atoms with Crippen molar-refractivity contribution in [1.29, 1.82) is 0 Å². The molecule has 2 aromatic heterocycles. The zero-order chi connectivity index (χ0) is 25.4. The number of amides is 1. The van der Waals surface area contributed by atoms with Crippen LogP contribution in [-0.4, -0.2) is 28.4 Å². The van der Waals surface area contributed by atoms with Crippen molar-refractivity contribution in [2.75, 3.05) is 11.5 Å². The molecule has 184 valence electrons. The lowest BCUT2D eigenvalue weighted by molar-refractivity contribution is -0.117. The fourth-order valence-electron chi connectivity index (χ4n) is 4.46. The third-order valence-electron chi connectivity index (χ3n) is 6.16. The maximum absolute atomic E-state index is 13.6. The quantitative estimate of drug-likeness (QED) is 0.202. The number of nitrogens with zero attached hydrogens (tertiary/aromatic N) is 2. The van der Waals surface area contributed by atoms with Gasteiger partial charge in [-0.15, -0.1) is 11.3 Å². The van der Waals surface area contributed by atoms with Gasteiger partial charge in [-0.05, 0) is 66.6 Å². The van der Waals surface area contributed by atoms with Crippen molar-refractivity contribution in [1.82, 2.24) is 4.98 Å². The van der Waals surface area contributed by atoms with Gasteiger partial charge in [-0.3, -0.25) is 14.5 Å². The second kappa shape index (κ2) is 9.87. The topological polar surface area (TPSA) is 79.7 Å². The number of unbranched alkanes of at least 4 members (excludes halogenated alkanes) is 1. The van der Waals surface area contributed by atoms with Crippen molar-refractivity contribution in [2.45, 2.75) is 39.7 Å².